The van der Waals surface area contributed by atoms with E-state index in [0.29, 0.717) is 22.9 Å². The quantitative estimate of drug-likeness (QED) is 0.767. The molecule has 8 heteroatoms. The van der Waals surface area contributed by atoms with Crippen molar-refractivity contribution >= 4 is 34.8 Å². The summed E-state index contributed by atoms with van der Waals surface area (Å²) in [7, 11) is 0. The molecule has 1 aromatic carbocycles. The van der Waals surface area contributed by atoms with E-state index in [4.69, 9.17) is 23.1 Å². The van der Waals surface area contributed by atoms with Crippen LogP contribution in [0, 0.1) is 12.7 Å². The van der Waals surface area contributed by atoms with Crippen molar-refractivity contribution in [1.29, 1.82) is 0 Å². The Labute approximate surface area is 135 Å². The van der Waals surface area contributed by atoms with Gasteiger partial charge in [0.05, 0.1) is 10.7 Å². The van der Waals surface area contributed by atoms with Gasteiger partial charge in [-0.15, -0.1) is 5.10 Å². The van der Waals surface area contributed by atoms with Crippen LogP contribution in [0.2, 0.25) is 5.02 Å². The molecule has 0 aliphatic heterocycles. The van der Waals surface area contributed by atoms with E-state index in [-0.39, 0.29) is 5.02 Å². The highest BCUT2D eigenvalue weighted by Gasteiger charge is 2.16. The molecule has 0 amide bonds. The van der Waals surface area contributed by atoms with Crippen molar-refractivity contribution in [3.05, 3.63) is 46.5 Å². The van der Waals surface area contributed by atoms with Crippen LogP contribution >= 0.6 is 23.4 Å². The van der Waals surface area contributed by atoms with E-state index in [0.717, 1.165) is 16.3 Å². The summed E-state index contributed by atoms with van der Waals surface area (Å²) in [5, 5.41) is 4.35. The minimum absolute atomic E-state index is 0.0619. The Kier molecular flexibility index (Phi) is 3.94. The van der Waals surface area contributed by atoms with Crippen molar-refractivity contribution < 1.29 is 4.39 Å². The van der Waals surface area contributed by atoms with Gasteiger partial charge in [-0.3, -0.25) is 0 Å². The van der Waals surface area contributed by atoms with E-state index in [1.165, 1.54) is 17.8 Å². The minimum atomic E-state index is -0.460. The molecule has 2 heterocycles. The summed E-state index contributed by atoms with van der Waals surface area (Å²) in [5.41, 5.74) is 13.9. The van der Waals surface area contributed by atoms with Gasteiger partial charge < -0.3 is 11.5 Å². The number of hydrogen-bond donors (Lipinski definition) is 2. The minimum Gasteiger partial charge on any atom is -0.381 e. The highest BCUT2D eigenvalue weighted by molar-refractivity contribution is 7.99. The van der Waals surface area contributed by atoms with Crippen LogP contribution in [0.5, 0.6) is 0 Å². The molecule has 0 radical (unpaired) electrons. The summed E-state index contributed by atoms with van der Waals surface area (Å²) in [6.45, 7) is 2.23. The van der Waals surface area contributed by atoms with Crippen molar-refractivity contribution in [2.24, 2.45) is 5.73 Å². The molecule has 0 aliphatic carbocycles. The highest BCUT2D eigenvalue weighted by atomic mass is 35.5. The Hall–Kier alpha value is -1.83. The topological polar surface area (TPSA) is 82.2 Å². The maximum absolute atomic E-state index is 13.3. The van der Waals surface area contributed by atoms with Gasteiger partial charge in [0.15, 0.2) is 11.5 Å². The largest absolute Gasteiger partial charge is 0.381 e. The molecule has 5 nitrogen and oxygen atoms in total. The zero-order chi connectivity index (χ0) is 15.9. The number of halogens is 2. The first-order chi connectivity index (χ1) is 10.5. The highest BCUT2D eigenvalue weighted by Crippen LogP contribution is 2.36. The molecule has 0 fully saturated rings. The molecule has 3 rings (SSSR count). The number of nitrogens with two attached hydrogens (primary N) is 2. The monoisotopic (exact) mass is 337 g/mol. The maximum Gasteiger partial charge on any atom is 0.171 e. The summed E-state index contributed by atoms with van der Waals surface area (Å²) in [6, 6.07) is 6.36. The Balaban J connectivity index is 2.11. The molecule has 0 saturated heterocycles. The number of nitrogen functional groups attached to an aromatic ring is 1. The molecule has 114 valence electrons. The molecular weight excluding hydrogens is 325 g/mol. The van der Waals surface area contributed by atoms with E-state index in [1.54, 1.807) is 16.6 Å². The van der Waals surface area contributed by atoms with Gasteiger partial charge in [-0.05, 0) is 31.2 Å². The second kappa shape index (κ2) is 5.75. The van der Waals surface area contributed by atoms with Gasteiger partial charge in [0, 0.05) is 17.1 Å². The van der Waals surface area contributed by atoms with Gasteiger partial charge in [-0.25, -0.2) is 13.9 Å². The third kappa shape index (κ3) is 2.63. The van der Waals surface area contributed by atoms with Crippen molar-refractivity contribution in [2.75, 3.05) is 5.73 Å². The lowest BCUT2D eigenvalue weighted by molar-refractivity contribution is 0.627. The Morgan fingerprint density at radius 2 is 2.14 bits per heavy atom. The molecule has 0 unspecified atom stereocenters. The van der Waals surface area contributed by atoms with Gasteiger partial charge in [-0.1, -0.05) is 23.4 Å². The average Bonchev–Trinajstić information content (AvgIpc) is 2.80. The third-order valence-corrected chi connectivity index (χ3v) is 4.50. The predicted octanol–water partition coefficient (Wildman–Crippen LogP) is 3.02. The van der Waals surface area contributed by atoms with E-state index >= 15 is 0 Å². The van der Waals surface area contributed by atoms with Gasteiger partial charge in [0.25, 0.3) is 0 Å². The normalized spacial score (nSPS) is 11.3. The first kappa shape index (κ1) is 15.1. The van der Waals surface area contributed by atoms with Crippen LogP contribution in [0.25, 0.3) is 5.65 Å². The molecular formula is C14H13ClFN5S. The van der Waals surface area contributed by atoms with Crippen LogP contribution in [-0.2, 0) is 6.54 Å². The van der Waals surface area contributed by atoms with Crippen molar-refractivity contribution in [3.63, 3.8) is 0 Å². The number of aryl methyl sites for hydroxylation is 1. The standard InChI is InChI=1S/C14H13ClFN5S/c1-7-4-8(6-17)19-14-12(13(18)20-21(7)14)22-9-2-3-11(16)10(15)5-9/h2-5H,6,17H2,1H3,(H2,18,20). The molecule has 2 aromatic heterocycles. The SMILES string of the molecule is Cc1cc(CN)nc2c(Sc3ccc(F)c(Cl)c3)c(N)nn12. The number of anilines is 1. The van der Waals surface area contributed by atoms with Crippen LogP contribution in [0.3, 0.4) is 0 Å². The second-order valence-electron chi connectivity index (χ2n) is 4.72. The van der Waals surface area contributed by atoms with Crippen LogP contribution in [0.15, 0.2) is 34.1 Å². The first-order valence-electron chi connectivity index (χ1n) is 6.47. The van der Waals surface area contributed by atoms with E-state index in [1.807, 2.05) is 13.0 Å². The van der Waals surface area contributed by atoms with Gasteiger partial charge >= 0.3 is 0 Å². The lowest BCUT2D eigenvalue weighted by Crippen LogP contribution is -2.04. The van der Waals surface area contributed by atoms with Gasteiger partial charge in [0.2, 0.25) is 0 Å². The molecule has 0 spiro atoms. The summed E-state index contributed by atoms with van der Waals surface area (Å²) < 4.78 is 14.9. The van der Waals surface area contributed by atoms with E-state index in [9.17, 15) is 4.39 Å². The maximum atomic E-state index is 13.3. The Morgan fingerprint density at radius 3 is 2.82 bits per heavy atom. The molecule has 0 atom stereocenters. The summed E-state index contributed by atoms with van der Waals surface area (Å²) in [5.74, 6) is -0.103. The van der Waals surface area contributed by atoms with Crippen molar-refractivity contribution in [2.45, 2.75) is 23.3 Å². The molecule has 4 N–H and O–H groups in total. The fraction of sp³-hybridized carbons (Fsp3) is 0.143. The van der Waals surface area contributed by atoms with Crippen molar-refractivity contribution in [1.82, 2.24) is 14.6 Å². The van der Waals surface area contributed by atoms with Gasteiger partial charge in [-0.2, -0.15) is 0 Å². The van der Waals surface area contributed by atoms with Crippen LogP contribution in [0.4, 0.5) is 10.2 Å². The zero-order valence-corrected chi connectivity index (χ0v) is 13.2. The Morgan fingerprint density at radius 1 is 1.36 bits per heavy atom. The van der Waals surface area contributed by atoms with Crippen LogP contribution in [-0.4, -0.2) is 14.6 Å². The van der Waals surface area contributed by atoms with E-state index < -0.39 is 5.82 Å². The fourth-order valence-corrected chi connectivity index (χ4v) is 3.25. The zero-order valence-electron chi connectivity index (χ0n) is 11.7. The first-order valence-corrected chi connectivity index (χ1v) is 7.66. The van der Waals surface area contributed by atoms with Crippen LogP contribution in [0.1, 0.15) is 11.4 Å². The number of benzene rings is 1. The van der Waals surface area contributed by atoms with Crippen molar-refractivity contribution in [3.8, 4) is 0 Å². The summed E-state index contributed by atoms with van der Waals surface area (Å²) >= 11 is 7.15. The predicted molar refractivity (Wildman–Crippen MR) is 85.6 cm³/mol. The number of hydrogen-bond acceptors (Lipinski definition) is 5. The van der Waals surface area contributed by atoms with E-state index in [2.05, 4.69) is 10.1 Å². The van der Waals surface area contributed by atoms with Gasteiger partial charge in [0.1, 0.15) is 10.7 Å². The molecule has 0 saturated carbocycles. The molecule has 22 heavy (non-hydrogen) atoms. The second-order valence-corrected chi connectivity index (χ2v) is 6.21. The Bertz CT molecular complexity index is 864. The fourth-order valence-electron chi connectivity index (χ4n) is 2.09. The molecule has 0 bridgehead atoms. The third-order valence-electron chi connectivity index (χ3n) is 3.12. The summed E-state index contributed by atoms with van der Waals surface area (Å²) in [6.07, 6.45) is 0. The molecule has 0 aliphatic rings. The number of nitrogens with zero attached hydrogens (tertiary/aromatic N) is 3. The number of rotatable bonds is 3. The molecule has 3 aromatic rings. The van der Waals surface area contributed by atoms with Crippen LogP contribution < -0.4 is 11.5 Å². The summed E-state index contributed by atoms with van der Waals surface area (Å²) in [4.78, 5) is 5.93. The lowest BCUT2D eigenvalue weighted by atomic mass is 10.3. The average molecular weight is 338 g/mol. The number of aromatic nitrogens is 3. The number of fused-ring (bicyclic) bond motifs is 1. The lowest BCUT2D eigenvalue weighted by Gasteiger charge is -2.04. The smallest absolute Gasteiger partial charge is 0.171 e.